The van der Waals surface area contributed by atoms with Gasteiger partial charge in [-0.25, -0.2) is 4.39 Å². The van der Waals surface area contributed by atoms with E-state index in [2.05, 4.69) is 5.16 Å². The Morgan fingerprint density at radius 2 is 1.70 bits per heavy atom. The molecule has 0 amide bonds. The molecule has 0 saturated heterocycles. The number of nitrogens with two attached hydrogens (primary N) is 1. The lowest BCUT2D eigenvalue weighted by molar-refractivity contribution is 0.318. The molecule has 3 N–H and O–H groups in total. The van der Waals surface area contributed by atoms with E-state index in [0.29, 0.717) is 17.1 Å². The molecule has 20 heavy (non-hydrogen) atoms. The highest BCUT2D eigenvalue weighted by Crippen LogP contribution is 2.29. The number of hydrogen-bond donors (Lipinski definition) is 2. The van der Waals surface area contributed by atoms with Gasteiger partial charge in [-0.15, -0.1) is 0 Å². The SMILES string of the molecule is NC(=NO)c1ccc(Oc2ccc(F)c(Cl)c2)cc1Cl. The van der Waals surface area contributed by atoms with Crippen LogP contribution in [-0.2, 0) is 0 Å². The second-order valence-corrected chi connectivity index (χ2v) is 4.62. The van der Waals surface area contributed by atoms with E-state index in [1.807, 2.05) is 0 Å². The summed E-state index contributed by atoms with van der Waals surface area (Å²) in [6.07, 6.45) is 0. The summed E-state index contributed by atoms with van der Waals surface area (Å²) in [5.41, 5.74) is 5.82. The molecule has 2 rings (SSSR count). The number of rotatable bonds is 3. The molecule has 2 aromatic carbocycles. The maximum Gasteiger partial charge on any atom is 0.171 e. The molecular formula is C13H9Cl2FN2O2. The molecule has 0 atom stereocenters. The Labute approximate surface area is 124 Å². The van der Waals surface area contributed by atoms with E-state index in [0.717, 1.165) is 0 Å². The summed E-state index contributed by atoms with van der Waals surface area (Å²) in [6.45, 7) is 0. The summed E-state index contributed by atoms with van der Waals surface area (Å²) >= 11 is 11.6. The largest absolute Gasteiger partial charge is 0.457 e. The molecule has 0 saturated carbocycles. The van der Waals surface area contributed by atoms with Gasteiger partial charge in [-0.2, -0.15) is 0 Å². The minimum atomic E-state index is -0.528. The van der Waals surface area contributed by atoms with Crippen molar-refractivity contribution >= 4 is 29.0 Å². The molecule has 0 aliphatic rings. The zero-order valence-electron chi connectivity index (χ0n) is 9.98. The molecule has 0 aliphatic heterocycles. The number of hydrogen-bond acceptors (Lipinski definition) is 3. The molecule has 7 heteroatoms. The fraction of sp³-hybridized carbons (Fsp3) is 0. The molecule has 0 spiro atoms. The molecule has 0 aliphatic carbocycles. The van der Waals surface area contributed by atoms with E-state index in [-0.39, 0.29) is 15.9 Å². The minimum absolute atomic E-state index is 0.0399. The first kappa shape index (κ1) is 14.4. The van der Waals surface area contributed by atoms with Gasteiger partial charge in [-0.1, -0.05) is 28.4 Å². The van der Waals surface area contributed by atoms with Crippen LogP contribution >= 0.6 is 23.2 Å². The van der Waals surface area contributed by atoms with Crippen LogP contribution in [0, 0.1) is 5.82 Å². The van der Waals surface area contributed by atoms with E-state index in [4.69, 9.17) is 38.9 Å². The summed E-state index contributed by atoms with van der Waals surface area (Å²) in [7, 11) is 0. The third kappa shape index (κ3) is 3.12. The Balaban J connectivity index is 2.26. The average molecular weight is 315 g/mol. The van der Waals surface area contributed by atoms with Crippen LogP contribution in [0.25, 0.3) is 0 Å². The van der Waals surface area contributed by atoms with Gasteiger partial charge in [0.05, 0.1) is 10.0 Å². The van der Waals surface area contributed by atoms with E-state index >= 15 is 0 Å². The number of oxime groups is 1. The van der Waals surface area contributed by atoms with Gasteiger partial charge in [0.2, 0.25) is 0 Å². The Morgan fingerprint density at radius 1 is 1.10 bits per heavy atom. The maximum atomic E-state index is 13.0. The normalized spacial score (nSPS) is 11.4. The molecule has 4 nitrogen and oxygen atoms in total. The van der Waals surface area contributed by atoms with Gasteiger partial charge >= 0.3 is 0 Å². The van der Waals surface area contributed by atoms with E-state index in [1.54, 1.807) is 6.07 Å². The van der Waals surface area contributed by atoms with Crippen molar-refractivity contribution in [3.05, 3.63) is 57.8 Å². The van der Waals surface area contributed by atoms with Gasteiger partial charge in [0, 0.05) is 17.7 Å². The van der Waals surface area contributed by atoms with Crippen LogP contribution in [0.3, 0.4) is 0 Å². The number of halogens is 3. The molecule has 2 aromatic rings. The molecule has 0 fully saturated rings. The summed E-state index contributed by atoms with van der Waals surface area (Å²) < 4.78 is 18.5. The fourth-order valence-electron chi connectivity index (χ4n) is 1.50. The van der Waals surface area contributed by atoms with Crippen LogP contribution in [-0.4, -0.2) is 11.0 Å². The van der Waals surface area contributed by atoms with E-state index < -0.39 is 5.82 Å². The van der Waals surface area contributed by atoms with Crippen LogP contribution in [0.15, 0.2) is 41.6 Å². The van der Waals surface area contributed by atoms with Crippen LogP contribution in [0.4, 0.5) is 4.39 Å². The number of nitrogens with zero attached hydrogens (tertiary/aromatic N) is 1. The van der Waals surface area contributed by atoms with Crippen molar-refractivity contribution in [1.29, 1.82) is 0 Å². The van der Waals surface area contributed by atoms with Crippen molar-refractivity contribution < 1.29 is 14.3 Å². The lowest BCUT2D eigenvalue weighted by Crippen LogP contribution is -2.13. The summed E-state index contributed by atoms with van der Waals surface area (Å²) in [5, 5.41) is 11.7. The molecule has 0 heterocycles. The van der Waals surface area contributed by atoms with Crippen molar-refractivity contribution in [3.8, 4) is 11.5 Å². The summed E-state index contributed by atoms with van der Waals surface area (Å²) in [6, 6.07) is 8.60. The van der Waals surface area contributed by atoms with Crippen molar-refractivity contribution in [3.63, 3.8) is 0 Å². The minimum Gasteiger partial charge on any atom is -0.457 e. The average Bonchev–Trinajstić information content (AvgIpc) is 2.42. The van der Waals surface area contributed by atoms with Crippen LogP contribution in [0.5, 0.6) is 11.5 Å². The third-order valence-electron chi connectivity index (χ3n) is 2.45. The molecule has 104 valence electrons. The second kappa shape index (κ2) is 5.98. The lowest BCUT2D eigenvalue weighted by Gasteiger charge is -2.08. The van der Waals surface area contributed by atoms with Crippen molar-refractivity contribution in [1.82, 2.24) is 0 Å². The third-order valence-corrected chi connectivity index (χ3v) is 3.05. The second-order valence-electron chi connectivity index (χ2n) is 3.80. The summed E-state index contributed by atoms with van der Waals surface area (Å²) in [4.78, 5) is 0. The van der Waals surface area contributed by atoms with Crippen molar-refractivity contribution in [2.45, 2.75) is 0 Å². The first-order chi connectivity index (χ1) is 9.51. The standard InChI is InChI=1S/C13H9Cl2FN2O2/c14-10-5-7(1-3-9(10)13(17)18-19)20-8-2-4-12(16)11(15)6-8/h1-6,19H,(H2,17,18). The Hall–Kier alpha value is -1.98. The van der Waals surface area contributed by atoms with Crippen molar-refractivity contribution in [2.24, 2.45) is 10.9 Å². The number of amidine groups is 1. The topological polar surface area (TPSA) is 67.8 Å². The molecule has 0 unspecified atom stereocenters. The van der Waals surface area contributed by atoms with Gasteiger partial charge in [0.1, 0.15) is 17.3 Å². The highest BCUT2D eigenvalue weighted by molar-refractivity contribution is 6.34. The fourth-order valence-corrected chi connectivity index (χ4v) is 1.94. The first-order valence-corrected chi connectivity index (χ1v) is 6.17. The first-order valence-electron chi connectivity index (χ1n) is 5.41. The van der Waals surface area contributed by atoms with Gasteiger partial charge in [-0.05, 0) is 24.3 Å². The Kier molecular flexibility index (Phi) is 4.32. The predicted molar refractivity (Wildman–Crippen MR) is 75.4 cm³/mol. The number of ether oxygens (including phenoxy) is 1. The quantitative estimate of drug-likeness (QED) is 0.389. The van der Waals surface area contributed by atoms with E-state index in [1.165, 1.54) is 30.3 Å². The molecule has 0 bridgehead atoms. The Bertz CT molecular complexity index is 677. The summed E-state index contributed by atoms with van der Waals surface area (Å²) in [5.74, 6) is 0.141. The van der Waals surface area contributed by atoms with Crippen LogP contribution in [0.2, 0.25) is 10.0 Å². The van der Waals surface area contributed by atoms with Crippen molar-refractivity contribution in [2.75, 3.05) is 0 Å². The Morgan fingerprint density at radius 3 is 2.25 bits per heavy atom. The molecule has 0 radical (unpaired) electrons. The highest BCUT2D eigenvalue weighted by atomic mass is 35.5. The predicted octanol–water partition coefficient (Wildman–Crippen LogP) is 4.02. The highest BCUT2D eigenvalue weighted by Gasteiger charge is 2.08. The zero-order valence-corrected chi connectivity index (χ0v) is 11.5. The molecular weight excluding hydrogens is 306 g/mol. The van der Waals surface area contributed by atoms with Gasteiger partial charge in [-0.3, -0.25) is 0 Å². The van der Waals surface area contributed by atoms with Gasteiger partial charge in [0.15, 0.2) is 5.84 Å². The lowest BCUT2D eigenvalue weighted by atomic mass is 10.2. The van der Waals surface area contributed by atoms with E-state index in [9.17, 15) is 4.39 Å². The molecule has 0 aromatic heterocycles. The van der Waals surface area contributed by atoms with Gasteiger partial charge < -0.3 is 15.7 Å². The maximum absolute atomic E-state index is 13.0. The smallest absolute Gasteiger partial charge is 0.171 e. The van der Waals surface area contributed by atoms with Gasteiger partial charge in [0.25, 0.3) is 0 Å². The van der Waals surface area contributed by atoms with Crippen LogP contribution < -0.4 is 10.5 Å². The monoisotopic (exact) mass is 314 g/mol. The number of benzene rings is 2. The zero-order chi connectivity index (χ0) is 14.7. The van der Waals surface area contributed by atoms with Crippen LogP contribution in [0.1, 0.15) is 5.56 Å².